The van der Waals surface area contributed by atoms with Crippen molar-refractivity contribution in [3.8, 4) is 16.9 Å². The Hall–Kier alpha value is -2.32. The van der Waals surface area contributed by atoms with Crippen molar-refractivity contribution in [2.45, 2.75) is 65.1 Å². The van der Waals surface area contributed by atoms with Crippen LogP contribution >= 0.6 is 0 Å². The first-order chi connectivity index (χ1) is 14.2. The largest absolute Gasteiger partial charge is 0.543 e. The highest BCUT2D eigenvalue weighted by molar-refractivity contribution is 6.74. The lowest BCUT2D eigenvalue weighted by molar-refractivity contribution is 0.490. The van der Waals surface area contributed by atoms with Crippen molar-refractivity contribution in [1.29, 1.82) is 0 Å². The Kier molecular flexibility index (Phi) is 5.40. The number of unbranched alkanes of at least 4 members (excludes halogenated alkanes) is 1. The molecule has 0 saturated carbocycles. The quantitative estimate of drug-likeness (QED) is 0.297. The van der Waals surface area contributed by atoms with Crippen LogP contribution in [-0.4, -0.2) is 8.32 Å². The van der Waals surface area contributed by atoms with Crippen molar-refractivity contribution in [1.82, 2.24) is 0 Å². The molecular formula is C28H34OSi. The number of fused-ring (bicyclic) bond motifs is 2. The van der Waals surface area contributed by atoms with Crippen molar-refractivity contribution < 1.29 is 4.43 Å². The van der Waals surface area contributed by atoms with E-state index in [1.807, 2.05) is 0 Å². The molecule has 4 rings (SSSR count). The van der Waals surface area contributed by atoms with Crippen molar-refractivity contribution in [2.75, 3.05) is 0 Å². The summed E-state index contributed by atoms with van der Waals surface area (Å²) in [6.45, 7) is 13.9. The van der Waals surface area contributed by atoms with Gasteiger partial charge in [0.25, 0.3) is 8.32 Å². The van der Waals surface area contributed by atoms with Crippen LogP contribution in [0, 0.1) is 0 Å². The molecule has 0 N–H and O–H groups in total. The van der Waals surface area contributed by atoms with Gasteiger partial charge in [0.2, 0.25) is 0 Å². The lowest BCUT2D eigenvalue weighted by Gasteiger charge is -2.37. The van der Waals surface area contributed by atoms with Crippen LogP contribution in [0.5, 0.6) is 5.75 Å². The van der Waals surface area contributed by atoms with Crippen LogP contribution in [0.1, 0.15) is 57.2 Å². The second kappa shape index (κ2) is 7.74. The number of benzene rings is 3. The molecule has 0 bridgehead atoms. The van der Waals surface area contributed by atoms with E-state index in [2.05, 4.69) is 101 Å². The van der Waals surface area contributed by atoms with E-state index in [0.29, 0.717) is 0 Å². The maximum absolute atomic E-state index is 7.03. The predicted molar refractivity (Wildman–Crippen MR) is 135 cm³/mol. The summed E-state index contributed by atoms with van der Waals surface area (Å²) in [5, 5.41) is 2.76. The van der Waals surface area contributed by atoms with Crippen molar-refractivity contribution in [3.63, 3.8) is 0 Å². The Bertz CT molecular complexity index is 1120. The van der Waals surface area contributed by atoms with E-state index >= 15 is 0 Å². The summed E-state index contributed by atoms with van der Waals surface area (Å²) < 4.78 is 7.03. The van der Waals surface area contributed by atoms with E-state index in [1.54, 1.807) is 0 Å². The van der Waals surface area contributed by atoms with Gasteiger partial charge in [0.05, 0.1) is 0 Å². The zero-order chi connectivity index (χ0) is 21.5. The average Bonchev–Trinajstić information content (AvgIpc) is 2.86. The SMILES string of the molecule is CCCCc1cc2c3c(cccc3c1O[Si](C)(C)C(C)(C)C)C=Cc1ccccc1-2. The molecule has 0 unspecified atom stereocenters. The topological polar surface area (TPSA) is 9.23 Å². The van der Waals surface area contributed by atoms with Crippen LogP contribution in [0.3, 0.4) is 0 Å². The van der Waals surface area contributed by atoms with Crippen LogP contribution in [0.2, 0.25) is 18.1 Å². The second-order valence-corrected chi connectivity index (χ2v) is 14.8. The first-order valence-electron chi connectivity index (χ1n) is 11.3. The lowest BCUT2D eigenvalue weighted by atomic mass is 9.90. The van der Waals surface area contributed by atoms with Gasteiger partial charge in [-0.25, -0.2) is 0 Å². The Morgan fingerprint density at radius 3 is 2.30 bits per heavy atom. The molecule has 3 aromatic carbocycles. The molecule has 1 aliphatic rings. The second-order valence-electron chi connectivity index (χ2n) is 10.1. The smallest absolute Gasteiger partial charge is 0.250 e. The molecule has 156 valence electrons. The van der Waals surface area contributed by atoms with Gasteiger partial charge in [-0.2, -0.15) is 0 Å². The van der Waals surface area contributed by atoms with Crippen LogP contribution in [0.4, 0.5) is 0 Å². The van der Waals surface area contributed by atoms with Crippen LogP contribution in [0.15, 0.2) is 48.5 Å². The summed E-state index contributed by atoms with van der Waals surface area (Å²) >= 11 is 0. The first-order valence-corrected chi connectivity index (χ1v) is 14.2. The predicted octanol–water partition coefficient (Wildman–Crippen LogP) is 8.72. The highest BCUT2D eigenvalue weighted by Gasteiger charge is 2.40. The summed E-state index contributed by atoms with van der Waals surface area (Å²) in [4.78, 5) is 0. The van der Waals surface area contributed by atoms with E-state index in [-0.39, 0.29) is 5.04 Å². The summed E-state index contributed by atoms with van der Waals surface area (Å²) in [7, 11) is -1.96. The molecule has 0 amide bonds. The molecular weight excluding hydrogens is 380 g/mol. The molecule has 0 aliphatic heterocycles. The van der Waals surface area contributed by atoms with Gasteiger partial charge in [0, 0.05) is 10.8 Å². The van der Waals surface area contributed by atoms with Gasteiger partial charge in [-0.15, -0.1) is 0 Å². The normalized spacial score (nSPS) is 13.3. The minimum atomic E-state index is -1.96. The van der Waals surface area contributed by atoms with E-state index in [0.717, 1.165) is 12.2 Å². The Morgan fingerprint density at radius 1 is 0.867 bits per heavy atom. The van der Waals surface area contributed by atoms with E-state index in [1.165, 1.54) is 51.4 Å². The average molecular weight is 415 g/mol. The molecule has 0 aromatic heterocycles. The van der Waals surface area contributed by atoms with Gasteiger partial charge < -0.3 is 4.43 Å². The zero-order valence-electron chi connectivity index (χ0n) is 19.3. The monoisotopic (exact) mass is 414 g/mol. The van der Waals surface area contributed by atoms with Gasteiger partial charge in [0.1, 0.15) is 5.75 Å². The van der Waals surface area contributed by atoms with E-state index in [9.17, 15) is 0 Å². The van der Waals surface area contributed by atoms with Crippen molar-refractivity contribution >= 4 is 31.2 Å². The maximum Gasteiger partial charge on any atom is 0.250 e. The fourth-order valence-corrected chi connectivity index (χ4v) is 5.10. The molecule has 0 fully saturated rings. The number of hydrogen-bond donors (Lipinski definition) is 0. The van der Waals surface area contributed by atoms with Crippen molar-refractivity contribution in [3.05, 3.63) is 65.2 Å². The summed E-state index contributed by atoms with van der Waals surface area (Å²) in [5.74, 6) is 1.13. The third kappa shape index (κ3) is 3.62. The summed E-state index contributed by atoms with van der Waals surface area (Å²) in [5.41, 5.74) is 6.59. The molecule has 0 heterocycles. The maximum atomic E-state index is 7.03. The highest BCUT2D eigenvalue weighted by Crippen LogP contribution is 2.46. The third-order valence-corrected chi connectivity index (χ3v) is 11.2. The van der Waals surface area contributed by atoms with Crippen LogP contribution in [0.25, 0.3) is 34.1 Å². The minimum Gasteiger partial charge on any atom is -0.543 e. The van der Waals surface area contributed by atoms with Crippen LogP contribution < -0.4 is 4.43 Å². The summed E-state index contributed by atoms with van der Waals surface area (Å²) in [6, 6.07) is 17.9. The van der Waals surface area contributed by atoms with Crippen LogP contribution in [-0.2, 0) is 6.42 Å². The minimum absolute atomic E-state index is 0.165. The number of rotatable bonds is 5. The molecule has 0 spiro atoms. The van der Waals surface area contributed by atoms with Crippen molar-refractivity contribution in [2.24, 2.45) is 0 Å². The van der Waals surface area contributed by atoms with E-state index in [4.69, 9.17) is 4.43 Å². The van der Waals surface area contributed by atoms with Gasteiger partial charge in [-0.05, 0) is 64.9 Å². The highest BCUT2D eigenvalue weighted by atomic mass is 28.4. The Balaban J connectivity index is 2.03. The molecule has 30 heavy (non-hydrogen) atoms. The number of aryl methyl sites for hydroxylation is 1. The molecule has 0 saturated heterocycles. The lowest BCUT2D eigenvalue weighted by Crippen LogP contribution is -2.44. The van der Waals surface area contributed by atoms with Gasteiger partial charge >= 0.3 is 0 Å². The standard InChI is InChI=1S/C28H34OSi/c1-7-8-12-22-19-25-23-15-10-9-13-20(23)17-18-21-14-11-16-24(26(21)25)27(22)29-30(5,6)28(2,3)4/h9-11,13-19H,7-8,12H2,1-6H3. The Labute approximate surface area is 182 Å². The molecule has 2 heteroatoms. The Morgan fingerprint density at radius 2 is 1.57 bits per heavy atom. The first kappa shape index (κ1) is 20.9. The van der Waals surface area contributed by atoms with Gasteiger partial charge in [-0.1, -0.05) is 88.7 Å². The third-order valence-electron chi connectivity index (χ3n) is 6.88. The summed E-state index contributed by atoms with van der Waals surface area (Å²) in [6.07, 6.45) is 7.94. The van der Waals surface area contributed by atoms with E-state index < -0.39 is 8.32 Å². The van der Waals surface area contributed by atoms with Gasteiger partial charge in [-0.3, -0.25) is 0 Å². The zero-order valence-corrected chi connectivity index (χ0v) is 20.3. The fraction of sp³-hybridized carbons (Fsp3) is 0.357. The molecule has 0 atom stereocenters. The molecule has 0 radical (unpaired) electrons. The molecule has 3 aromatic rings. The molecule has 1 aliphatic carbocycles. The molecule has 1 nitrogen and oxygen atoms in total. The fourth-order valence-electron chi connectivity index (χ4n) is 4.05. The van der Waals surface area contributed by atoms with Gasteiger partial charge in [0.15, 0.2) is 0 Å². The number of hydrogen-bond acceptors (Lipinski definition) is 1.